The predicted octanol–water partition coefficient (Wildman–Crippen LogP) is 4.22. The van der Waals surface area contributed by atoms with Gasteiger partial charge in [0.25, 0.3) is 0 Å². The van der Waals surface area contributed by atoms with Crippen molar-refractivity contribution in [1.29, 1.82) is 0 Å². The van der Waals surface area contributed by atoms with Crippen molar-refractivity contribution in [2.75, 3.05) is 26.2 Å². The van der Waals surface area contributed by atoms with Gasteiger partial charge in [-0.1, -0.05) is 29.3 Å². The van der Waals surface area contributed by atoms with Crippen LogP contribution in [0.5, 0.6) is 5.75 Å². The van der Waals surface area contributed by atoms with Crippen LogP contribution >= 0.6 is 23.2 Å². The number of amides is 2. The van der Waals surface area contributed by atoms with Gasteiger partial charge in [0.15, 0.2) is 0 Å². The lowest BCUT2D eigenvalue weighted by Crippen LogP contribution is -2.43. The number of hydrogen-bond donors (Lipinski definition) is 2. The monoisotopic (exact) mass is 479 g/mol. The molecule has 0 spiro atoms. The summed E-state index contributed by atoms with van der Waals surface area (Å²) in [5.41, 5.74) is 0.882. The van der Waals surface area contributed by atoms with E-state index in [4.69, 9.17) is 27.9 Å². The fourth-order valence-corrected chi connectivity index (χ4v) is 4.63. The quantitative estimate of drug-likeness (QED) is 0.688. The van der Waals surface area contributed by atoms with Gasteiger partial charge < -0.3 is 20.3 Å². The van der Waals surface area contributed by atoms with Crippen LogP contribution in [0.25, 0.3) is 0 Å². The van der Waals surface area contributed by atoms with Crippen molar-refractivity contribution >= 4 is 35.2 Å². The van der Waals surface area contributed by atoms with Crippen molar-refractivity contribution < 1.29 is 18.7 Å². The van der Waals surface area contributed by atoms with Gasteiger partial charge >= 0.3 is 6.09 Å². The fraction of sp³-hybridized carbons (Fsp3) is 0.391. The molecule has 0 aliphatic carbocycles. The summed E-state index contributed by atoms with van der Waals surface area (Å²) in [6, 6.07) is 10.2. The number of ether oxygens (including phenoxy) is 1. The van der Waals surface area contributed by atoms with Crippen molar-refractivity contribution in [2.45, 2.75) is 24.8 Å². The number of carbonyl (C=O) groups excluding carboxylic acids is 2. The maximum atomic E-state index is 13.1. The number of carbonyl (C=O) groups is 2. The van der Waals surface area contributed by atoms with Gasteiger partial charge in [-0.25, -0.2) is 9.18 Å². The molecule has 2 amide bonds. The molecule has 6 nitrogen and oxygen atoms in total. The maximum Gasteiger partial charge on any atom is 0.412 e. The smallest absolute Gasteiger partial charge is 0.410 e. The third-order valence-electron chi connectivity index (χ3n) is 6.02. The zero-order valence-corrected chi connectivity index (χ0v) is 18.8. The van der Waals surface area contributed by atoms with Crippen molar-refractivity contribution in [3.05, 3.63) is 63.9 Å². The molecule has 0 bridgehead atoms. The Hall–Kier alpha value is -2.35. The van der Waals surface area contributed by atoms with E-state index < -0.39 is 11.9 Å². The molecule has 32 heavy (non-hydrogen) atoms. The van der Waals surface area contributed by atoms with Crippen LogP contribution in [-0.4, -0.2) is 49.1 Å². The molecule has 0 aromatic heterocycles. The second-order valence-corrected chi connectivity index (χ2v) is 8.96. The molecule has 0 unspecified atom stereocenters. The van der Waals surface area contributed by atoms with Crippen LogP contribution in [0.2, 0.25) is 10.0 Å². The molecule has 2 heterocycles. The molecule has 2 N–H and O–H groups in total. The molecule has 2 aliphatic rings. The molecule has 0 saturated carbocycles. The Kier molecular flexibility index (Phi) is 7.18. The van der Waals surface area contributed by atoms with E-state index in [-0.39, 0.29) is 29.5 Å². The highest BCUT2D eigenvalue weighted by Crippen LogP contribution is 2.33. The summed E-state index contributed by atoms with van der Waals surface area (Å²) in [4.78, 5) is 27.5. The number of piperidine rings is 1. The average Bonchev–Trinajstić information content (AvgIpc) is 3.21. The highest BCUT2D eigenvalue weighted by molar-refractivity contribution is 6.42. The number of nitrogens with one attached hydrogen (secondary N) is 2. The van der Waals surface area contributed by atoms with Gasteiger partial charge in [-0.15, -0.1) is 0 Å². The highest BCUT2D eigenvalue weighted by atomic mass is 35.5. The first-order chi connectivity index (χ1) is 15.4. The maximum absolute atomic E-state index is 13.1. The van der Waals surface area contributed by atoms with Gasteiger partial charge in [0, 0.05) is 24.9 Å². The predicted molar refractivity (Wildman–Crippen MR) is 121 cm³/mol. The molecular weight excluding hydrogens is 456 g/mol. The number of nitrogens with zero attached hydrogens (tertiary/aromatic N) is 1. The molecule has 2 fully saturated rings. The molecule has 2 aromatic carbocycles. The van der Waals surface area contributed by atoms with E-state index in [1.165, 1.54) is 24.3 Å². The fourth-order valence-electron chi connectivity index (χ4n) is 4.33. The van der Waals surface area contributed by atoms with Crippen molar-refractivity contribution in [3.63, 3.8) is 0 Å². The Morgan fingerprint density at radius 2 is 1.75 bits per heavy atom. The number of likely N-dealkylation sites (tertiary alicyclic amines) is 1. The average molecular weight is 480 g/mol. The van der Waals surface area contributed by atoms with Crippen molar-refractivity contribution in [1.82, 2.24) is 15.5 Å². The van der Waals surface area contributed by atoms with Crippen molar-refractivity contribution in [2.24, 2.45) is 5.92 Å². The van der Waals surface area contributed by atoms with E-state index in [0.717, 1.165) is 31.5 Å². The molecule has 9 heteroatoms. The largest absolute Gasteiger partial charge is 0.412 e. The lowest BCUT2D eigenvalue weighted by atomic mass is 9.94. The van der Waals surface area contributed by atoms with Gasteiger partial charge in [0.1, 0.15) is 11.6 Å². The van der Waals surface area contributed by atoms with Gasteiger partial charge in [-0.2, -0.15) is 0 Å². The van der Waals surface area contributed by atoms with Gasteiger partial charge in [-0.05, 0) is 67.9 Å². The number of halogens is 3. The first-order valence-corrected chi connectivity index (χ1v) is 11.3. The Bertz CT molecular complexity index is 983. The third kappa shape index (κ3) is 5.34. The first kappa shape index (κ1) is 22.8. The number of rotatable bonds is 4. The summed E-state index contributed by atoms with van der Waals surface area (Å²) in [5, 5.41) is 7.01. The lowest BCUT2D eigenvalue weighted by Gasteiger charge is -2.26. The minimum absolute atomic E-state index is 0.0179. The topological polar surface area (TPSA) is 70.7 Å². The molecule has 2 aliphatic heterocycles. The molecule has 0 radical (unpaired) electrons. The highest BCUT2D eigenvalue weighted by Gasteiger charge is 2.39. The molecule has 2 aromatic rings. The molecular formula is C23H24Cl2FN3O3. The minimum atomic E-state index is -0.664. The first-order valence-electron chi connectivity index (χ1n) is 10.6. The number of hydrogen-bond acceptors (Lipinski definition) is 4. The van der Waals surface area contributed by atoms with Crippen molar-refractivity contribution in [3.8, 4) is 5.75 Å². The molecule has 4 rings (SSSR count). The van der Waals surface area contributed by atoms with E-state index in [2.05, 4.69) is 10.6 Å². The van der Waals surface area contributed by atoms with Crippen LogP contribution in [0.4, 0.5) is 9.18 Å². The second-order valence-electron chi connectivity index (χ2n) is 8.14. The van der Waals surface area contributed by atoms with Crippen LogP contribution in [0, 0.1) is 11.7 Å². The van der Waals surface area contributed by atoms with Crippen LogP contribution in [-0.2, 0) is 4.79 Å². The molecule has 2 saturated heterocycles. The van der Waals surface area contributed by atoms with E-state index in [0.29, 0.717) is 23.1 Å². The summed E-state index contributed by atoms with van der Waals surface area (Å²) >= 11 is 12.3. The Morgan fingerprint density at radius 3 is 2.44 bits per heavy atom. The summed E-state index contributed by atoms with van der Waals surface area (Å²) in [6.07, 6.45) is 0.942. The van der Waals surface area contributed by atoms with Crippen LogP contribution < -0.4 is 15.4 Å². The van der Waals surface area contributed by atoms with Crippen LogP contribution in [0.15, 0.2) is 42.5 Å². The lowest BCUT2D eigenvalue weighted by molar-refractivity contribution is -0.135. The Balaban J connectivity index is 1.50. The van der Waals surface area contributed by atoms with Gasteiger partial charge in [0.05, 0.1) is 16.1 Å². The Labute approximate surface area is 196 Å². The summed E-state index contributed by atoms with van der Waals surface area (Å²) < 4.78 is 18.4. The molecule has 2 atom stereocenters. The summed E-state index contributed by atoms with van der Waals surface area (Å²) in [6.45, 7) is 2.48. The zero-order chi connectivity index (χ0) is 22.7. The van der Waals surface area contributed by atoms with Gasteiger partial charge in [-0.3, -0.25) is 4.79 Å². The second kappa shape index (κ2) is 10.1. The summed E-state index contributed by atoms with van der Waals surface area (Å²) in [5.74, 6) is -0.268. The minimum Gasteiger partial charge on any atom is -0.410 e. The standard InChI is InChI=1S/C23H24Cl2FN3O3/c24-19-6-1-15(11-20(19)25)18-12-29(22(30)14-7-9-27-10-8-14)13-21(18)28-23(31)32-17-4-2-16(26)3-5-17/h1-6,11,14,18,21,27H,7-10,12-13H2,(H,28,31)/t18-,21+/m0/s1. The molecule has 170 valence electrons. The van der Waals surface area contributed by atoms with Crippen LogP contribution in [0.3, 0.4) is 0 Å². The van der Waals surface area contributed by atoms with Crippen LogP contribution in [0.1, 0.15) is 24.3 Å². The van der Waals surface area contributed by atoms with E-state index >= 15 is 0 Å². The van der Waals surface area contributed by atoms with E-state index in [1.807, 2.05) is 11.0 Å². The van der Waals surface area contributed by atoms with Gasteiger partial charge in [0.2, 0.25) is 5.91 Å². The zero-order valence-electron chi connectivity index (χ0n) is 17.3. The van der Waals surface area contributed by atoms with E-state index in [1.54, 1.807) is 12.1 Å². The SMILES string of the molecule is O=C(N[C@@H]1CN(C(=O)C2CCNCC2)C[C@H]1c1ccc(Cl)c(Cl)c1)Oc1ccc(F)cc1. The third-order valence-corrected chi connectivity index (χ3v) is 6.76. The van der Waals surface area contributed by atoms with E-state index in [9.17, 15) is 14.0 Å². The Morgan fingerprint density at radius 1 is 1.03 bits per heavy atom. The normalized spacial score (nSPS) is 21.4. The summed E-state index contributed by atoms with van der Waals surface area (Å²) in [7, 11) is 0. The number of benzene rings is 2.